The van der Waals surface area contributed by atoms with Gasteiger partial charge in [0.2, 0.25) is 5.60 Å². The normalized spacial score (nSPS) is 19.3. The first-order valence-electron chi connectivity index (χ1n) is 12.0. The van der Waals surface area contributed by atoms with Crippen LogP contribution in [0, 0.1) is 0 Å². The average molecular weight is 592 g/mol. The molecule has 1 saturated heterocycles. The van der Waals surface area contributed by atoms with Gasteiger partial charge in [-0.25, -0.2) is 13.9 Å². The fourth-order valence-electron chi connectivity index (χ4n) is 4.38. The Morgan fingerprint density at radius 1 is 1.17 bits per heavy atom. The Morgan fingerprint density at radius 3 is 2.46 bits per heavy atom. The third kappa shape index (κ3) is 5.45. The van der Waals surface area contributed by atoms with Crippen molar-refractivity contribution in [1.29, 1.82) is 0 Å². The predicted octanol–water partition coefficient (Wildman–Crippen LogP) is 2.99. The number of anilines is 1. The first-order valence-corrected chi connectivity index (χ1v) is 12.0. The number of likely N-dealkylation sites (tertiary alicyclic amines) is 1. The summed E-state index contributed by atoms with van der Waals surface area (Å²) >= 11 is 0. The van der Waals surface area contributed by atoms with E-state index < -0.39 is 72.0 Å². The number of hydrogen-bond donors (Lipinski definition) is 3. The van der Waals surface area contributed by atoms with Crippen LogP contribution >= 0.6 is 0 Å². The van der Waals surface area contributed by atoms with E-state index in [1.807, 2.05) is 0 Å². The summed E-state index contributed by atoms with van der Waals surface area (Å²) in [5.41, 5.74) is -0.0381. The van der Waals surface area contributed by atoms with Crippen LogP contribution < -0.4 is 15.8 Å². The molecule has 0 aliphatic carbocycles. The van der Waals surface area contributed by atoms with Crippen molar-refractivity contribution >= 4 is 23.1 Å². The van der Waals surface area contributed by atoms with E-state index in [9.17, 15) is 45.4 Å². The summed E-state index contributed by atoms with van der Waals surface area (Å²) < 4.78 is 102. The zero-order valence-corrected chi connectivity index (χ0v) is 21.3. The molecule has 2 aromatic heterocycles. The Morgan fingerprint density at radius 2 is 1.85 bits per heavy atom. The second-order valence-electron chi connectivity index (χ2n) is 9.37. The van der Waals surface area contributed by atoms with Gasteiger partial charge >= 0.3 is 12.4 Å². The summed E-state index contributed by atoms with van der Waals surface area (Å²) in [7, 11) is 0. The molecule has 2 amide bonds. The summed E-state index contributed by atoms with van der Waals surface area (Å²) in [4.78, 5) is 29.5. The van der Waals surface area contributed by atoms with E-state index in [2.05, 4.69) is 15.4 Å². The number of halogens is 7. The number of fused-ring (bicyclic) bond motifs is 1. The van der Waals surface area contributed by atoms with Crippen LogP contribution in [0.15, 0.2) is 30.6 Å². The Kier molecular flexibility index (Phi) is 7.53. The largest absolute Gasteiger partial charge is 0.493 e. The van der Waals surface area contributed by atoms with Gasteiger partial charge < -0.3 is 25.8 Å². The monoisotopic (exact) mass is 592 g/mol. The van der Waals surface area contributed by atoms with Gasteiger partial charge in [-0.05, 0) is 38.1 Å². The second-order valence-corrected chi connectivity index (χ2v) is 9.37. The quantitative estimate of drug-likeness (QED) is 0.375. The van der Waals surface area contributed by atoms with Gasteiger partial charge in [0, 0.05) is 12.1 Å². The first-order chi connectivity index (χ1) is 19.0. The van der Waals surface area contributed by atoms with Crippen LogP contribution in [0.25, 0.3) is 16.8 Å². The highest BCUT2D eigenvalue weighted by atomic mass is 19.4. The number of aromatic nitrogens is 3. The van der Waals surface area contributed by atoms with Crippen molar-refractivity contribution in [2.45, 2.75) is 44.0 Å². The van der Waals surface area contributed by atoms with Crippen molar-refractivity contribution in [3.8, 4) is 17.0 Å². The maximum absolute atomic E-state index is 14.7. The van der Waals surface area contributed by atoms with Gasteiger partial charge in [-0.2, -0.15) is 31.4 Å². The molecule has 41 heavy (non-hydrogen) atoms. The zero-order chi connectivity index (χ0) is 30.5. The smallest absolute Gasteiger partial charge is 0.426 e. The minimum Gasteiger partial charge on any atom is -0.493 e. The number of nitrogens with one attached hydrogen (secondary N) is 1. The molecule has 0 spiro atoms. The molecular formula is C24H23F7N6O4. The van der Waals surface area contributed by atoms with Crippen LogP contribution in [0.3, 0.4) is 0 Å². The molecule has 4 N–H and O–H groups in total. The van der Waals surface area contributed by atoms with Gasteiger partial charge in [0.15, 0.2) is 5.82 Å². The molecule has 3 atom stereocenters. The fourth-order valence-corrected chi connectivity index (χ4v) is 4.38. The summed E-state index contributed by atoms with van der Waals surface area (Å²) in [6.07, 6.45) is -11.2. The summed E-state index contributed by atoms with van der Waals surface area (Å²) in [6, 6.07) is 3.12. The number of carbonyl (C=O) groups excluding carboxylic acids is 2. The number of benzene rings is 1. The lowest BCUT2D eigenvalue weighted by molar-refractivity contribution is -0.249. The van der Waals surface area contributed by atoms with E-state index in [4.69, 9.17) is 10.5 Å². The minimum atomic E-state index is -5.32. The number of aliphatic hydroxyl groups is 1. The zero-order valence-electron chi connectivity index (χ0n) is 21.3. The predicted molar refractivity (Wildman–Crippen MR) is 128 cm³/mol. The van der Waals surface area contributed by atoms with Crippen molar-refractivity contribution in [3.63, 3.8) is 0 Å². The van der Waals surface area contributed by atoms with Crippen LogP contribution in [0.2, 0.25) is 0 Å². The molecule has 17 heteroatoms. The van der Waals surface area contributed by atoms with Crippen molar-refractivity contribution in [3.05, 3.63) is 41.7 Å². The number of ether oxygens (including phenoxy) is 1. The molecular weight excluding hydrogens is 569 g/mol. The highest BCUT2D eigenvalue weighted by Crippen LogP contribution is 2.39. The minimum absolute atomic E-state index is 0.0267. The number of nitrogens with two attached hydrogens (primary N) is 1. The van der Waals surface area contributed by atoms with Crippen LogP contribution in [0.4, 0.5) is 36.6 Å². The molecule has 0 saturated carbocycles. The van der Waals surface area contributed by atoms with Gasteiger partial charge in [-0.15, -0.1) is 0 Å². The maximum atomic E-state index is 14.7. The van der Waals surface area contributed by atoms with E-state index in [0.717, 1.165) is 16.9 Å². The Hall–Kier alpha value is -4.15. The second kappa shape index (κ2) is 10.4. The van der Waals surface area contributed by atoms with Crippen molar-refractivity contribution < 1.29 is 50.2 Å². The third-order valence-corrected chi connectivity index (χ3v) is 6.53. The van der Waals surface area contributed by atoms with Crippen LogP contribution in [-0.2, 0) is 11.0 Å². The van der Waals surface area contributed by atoms with E-state index >= 15 is 0 Å². The van der Waals surface area contributed by atoms with Crippen LogP contribution in [0.5, 0.6) is 5.75 Å². The summed E-state index contributed by atoms with van der Waals surface area (Å²) in [5, 5.41) is 15.8. The SMILES string of the molecule is CCOc1ccc(-c2cc(C(F)(F)F)c3c(N)ncnn23)cc1C(=O)N[C@@H]1CN(C(=O)C(C)(O)C(F)(F)F)C[C@@H]1F. The molecule has 0 radical (unpaired) electrons. The topological polar surface area (TPSA) is 135 Å². The number of alkyl halides is 7. The average Bonchev–Trinajstić information content (AvgIpc) is 3.45. The van der Waals surface area contributed by atoms with Crippen LogP contribution in [0.1, 0.15) is 29.8 Å². The van der Waals surface area contributed by atoms with Crippen molar-refractivity contribution in [2.75, 3.05) is 25.4 Å². The Balaban J connectivity index is 1.67. The molecule has 1 aliphatic rings. The standard InChI is InChI=1S/C24H23F7N6O4/c1-3-41-17-5-4-11(16-7-13(23(26,27)28)18-19(32)33-10-34-37(16)18)6-12(17)20(38)35-15-9-36(8-14(15)25)21(39)22(2,40)24(29,30)31/h4-7,10,14-15,40H,3,8-9H2,1-2H3,(H,35,38)(H2,32,33,34)/t14-,15+,22?/m0/s1. The first kappa shape index (κ1) is 29.8. The lowest BCUT2D eigenvalue weighted by Gasteiger charge is -2.29. The number of nitrogens with zero attached hydrogens (tertiary/aromatic N) is 4. The Bertz CT molecular complexity index is 1490. The van der Waals surface area contributed by atoms with Gasteiger partial charge in [0.1, 0.15) is 23.8 Å². The summed E-state index contributed by atoms with van der Waals surface area (Å²) in [5.74, 6) is -3.24. The molecule has 1 unspecified atom stereocenters. The molecule has 1 aromatic carbocycles. The van der Waals surface area contributed by atoms with Gasteiger partial charge in [0.25, 0.3) is 11.8 Å². The van der Waals surface area contributed by atoms with Gasteiger partial charge in [-0.1, -0.05) is 0 Å². The Labute approximate surface area is 226 Å². The highest BCUT2D eigenvalue weighted by Gasteiger charge is 2.58. The molecule has 4 rings (SSSR count). The lowest BCUT2D eigenvalue weighted by Crippen LogP contribution is -2.56. The number of carbonyl (C=O) groups is 2. The molecule has 10 nitrogen and oxygen atoms in total. The number of amides is 2. The van der Waals surface area contributed by atoms with E-state index in [-0.39, 0.29) is 36.1 Å². The van der Waals surface area contributed by atoms with Gasteiger partial charge in [-0.3, -0.25) is 9.59 Å². The van der Waals surface area contributed by atoms with Crippen molar-refractivity contribution in [1.82, 2.24) is 24.8 Å². The third-order valence-electron chi connectivity index (χ3n) is 6.53. The van der Waals surface area contributed by atoms with E-state index in [1.165, 1.54) is 18.2 Å². The molecule has 1 fully saturated rings. The van der Waals surface area contributed by atoms with Crippen molar-refractivity contribution in [2.24, 2.45) is 0 Å². The maximum Gasteiger partial charge on any atom is 0.426 e. The molecule has 222 valence electrons. The fraction of sp³-hybridized carbons (Fsp3) is 0.417. The van der Waals surface area contributed by atoms with E-state index in [1.54, 1.807) is 6.92 Å². The van der Waals surface area contributed by atoms with Gasteiger partial charge in [0.05, 0.1) is 36.0 Å². The molecule has 0 bridgehead atoms. The molecule has 3 heterocycles. The molecule has 3 aromatic rings. The van der Waals surface area contributed by atoms with Crippen LogP contribution in [-0.4, -0.2) is 80.1 Å². The van der Waals surface area contributed by atoms with E-state index in [0.29, 0.717) is 4.90 Å². The number of rotatable bonds is 6. The summed E-state index contributed by atoms with van der Waals surface area (Å²) in [6.45, 7) is 0.389. The number of hydrogen-bond acceptors (Lipinski definition) is 7. The molecule has 1 aliphatic heterocycles. The highest BCUT2D eigenvalue weighted by molar-refractivity contribution is 5.98. The number of nitrogen functional groups attached to an aromatic ring is 1. The lowest BCUT2D eigenvalue weighted by atomic mass is 10.0.